The largest absolute Gasteiger partial charge is 0.478 e. The van der Waals surface area contributed by atoms with Gasteiger partial charge in [0.25, 0.3) is 5.91 Å². The summed E-state index contributed by atoms with van der Waals surface area (Å²) in [6.07, 6.45) is 2.16. The minimum atomic E-state index is -1.08. The normalized spacial score (nSPS) is 15.9. The highest BCUT2D eigenvalue weighted by molar-refractivity contribution is 8.26. The zero-order chi connectivity index (χ0) is 17.7. The van der Waals surface area contributed by atoms with E-state index in [0.717, 1.165) is 16.7 Å². The highest BCUT2D eigenvalue weighted by Gasteiger charge is 2.34. The summed E-state index contributed by atoms with van der Waals surface area (Å²) < 4.78 is 5.20. The number of hydrogen-bond donors (Lipinski definition) is 1. The van der Waals surface area contributed by atoms with Crippen LogP contribution in [0, 0.1) is 0 Å². The van der Waals surface area contributed by atoms with Crippen molar-refractivity contribution in [2.45, 2.75) is 13.3 Å². The SMILES string of the molecule is CCCOC(=O)CN1C(=O)/C(=C/c2ccccc2C(=O)O)SC1=S. The molecule has 1 N–H and O–H groups in total. The van der Waals surface area contributed by atoms with E-state index < -0.39 is 17.8 Å². The van der Waals surface area contributed by atoms with Crippen LogP contribution in [0.3, 0.4) is 0 Å². The quantitative estimate of drug-likeness (QED) is 0.471. The Morgan fingerprint density at radius 3 is 2.75 bits per heavy atom. The topological polar surface area (TPSA) is 83.9 Å². The second-order valence-electron chi connectivity index (χ2n) is 4.88. The van der Waals surface area contributed by atoms with Gasteiger partial charge in [-0.15, -0.1) is 0 Å². The highest BCUT2D eigenvalue weighted by Crippen LogP contribution is 2.32. The Bertz CT molecular complexity index is 729. The average Bonchev–Trinajstić information content (AvgIpc) is 2.81. The molecular formula is C16H15NO5S2. The summed E-state index contributed by atoms with van der Waals surface area (Å²) in [5.41, 5.74) is 0.490. The average molecular weight is 365 g/mol. The van der Waals surface area contributed by atoms with E-state index >= 15 is 0 Å². The van der Waals surface area contributed by atoms with Crippen molar-refractivity contribution in [2.75, 3.05) is 13.2 Å². The van der Waals surface area contributed by atoms with Gasteiger partial charge in [0, 0.05) is 0 Å². The standard InChI is InChI=1S/C16H15NO5S2/c1-2-7-22-13(18)9-17-14(19)12(24-16(17)23)8-10-5-3-4-6-11(10)15(20)21/h3-6,8H,2,7,9H2,1H3,(H,20,21)/b12-8-. The number of carbonyl (C=O) groups excluding carboxylic acids is 2. The van der Waals surface area contributed by atoms with Crippen molar-refractivity contribution in [2.24, 2.45) is 0 Å². The van der Waals surface area contributed by atoms with Gasteiger partial charge in [0.05, 0.1) is 17.1 Å². The first-order valence-electron chi connectivity index (χ1n) is 7.17. The second-order valence-corrected chi connectivity index (χ2v) is 6.56. The van der Waals surface area contributed by atoms with Gasteiger partial charge in [-0.2, -0.15) is 0 Å². The van der Waals surface area contributed by atoms with Gasteiger partial charge in [0.2, 0.25) is 0 Å². The monoisotopic (exact) mass is 365 g/mol. The van der Waals surface area contributed by atoms with E-state index in [9.17, 15) is 19.5 Å². The molecule has 0 aromatic heterocycles. The third-order valence-electron chi connectivity index (χ3n) is 3.11. The molecule has 126 valence electrons. The van der Waals surface area contributed by atoms with Crippen LogP contribution in [-0.2, 0) is 14.3 Å². The van der Waals surface area contributed by atoms with Crippen molar-refractivity contribution in [1.82, 2.24) is 4.90 Å². The highest BCUT2D eigenvalue weighted by atomic mass is 32.2. The summed E-state index contributed by atoms with van der Waals surface area (Å²) in [4.78, 5) is 36.7. The van der Waals surface area contributed by atoms with E-state index in [2.05, 4.69) is 0 Å². The number of carboxylic acid groups (broad SMARTS) is 1. The fourth-order valence-corrected chi connectivity index (χ4v) is 3.23. The molecule has 0 bridgehead atoms. The maximum atomic E-state index is 12.4. The molecule has 1 aliphatic heterocycles. The number of carboxylic acids is 1. The van der Waals surface area contributed by atoms with Crippen LogP contribution in [0.25, 0.3) is 6.08 Å². The van der Waals surface area contributed by atoms with E-state index in [4.69, 9.17) is 17.0 Å². The van der Waals surface area contributed by atoms with E-state index in [1.807, 2.05) is 6.92 Å². The fourth-order valence-electron chi connectivity index (χ4n) is 1.99. The Labute approximate surface area is 148 Å². The van der Waals surface area contributed by atoms with Gasteiger partial charge >= 0.3 is 11.9 Å². The first kappa shape index (κ1) is 18.2. The van der Waals surface area contributed by atoms with Crippen LogP contribution in [0.1, 0.15) is 29.3 Å². The van der Waals surface area contributed by atoms with Crippen LogP contribution in [0.5, 0.6) is 0 Å². The number of rotatable bonds is 6. The molecule has 1 aromatic rings. The minimum Gasteiger partial charge on any atom is -0.478 e. The Hall–Kier alpha value is -2.19. The van der Waals surface area contributed by atoms with Gasteiger partial charge in [-0.25, -0.2) is 4.79 Å². The van der Waals surface area contributed by atoms with Crippen molar-refractivity contribution in [3.05, 3.63) is 40.3 Å². The Morgan fingerprint density at radius 2 is 2.08 bits per heavy atom. The van der Waals surface area contributed by atoms with Crippen LogP contribution < -0.4 is 0 Å². The van der Waals surface area contributed by atoms with Gasteiger partial charge in [-0.05, 0) is 24.1 Å². The second kappa shape index (κ2) is 8.07. The summed E-state index contributed by atoms with van der Waals surface area (Å²) in [7, 11) is 0. The molecule has 0 aliphatic carbocycles. The molecule has 1 saturated heterocycles. The summed E-state index contributed by atoms with van der Waals surface area (Å²) in [6.45, 7) is 1.91. The number of thiocarbonyl (C=S) groups is 1. The molecule has 0 unspecified atom stereocenters. The molecule has 0 radical (unpaired) electrons. The van der Waals surface area contributed by atoms with Crippen molar-refractivity contribution in [1.29, 1.82) is 0 Å². The molecule has 0 saturated carbocycles. The van der Waals surface area contributed by atoms with Crippen LogP contribution in [0.2, 0.25) is 0 Å². The maximum absolute atomic E-state index is 12.4. The summed E-state index contributed by atoms with van der Waals surface area (Å²) in [6, 6.07) is 6.35. The molecule has 1 aromatic carbocycles. The predicted octanol–water partition coefficient (Wildman–Crippen LogP) is 2.54. The van der Waals surface area contributed by atoms with Crippen LogP contribution in [0.4, 0.5) is 0 Å². The van der Waals surface area contributed by atoms with E-state index in [1.54, 1.807) is 18.2 Å². The summed E-state index contributed by atoms with van der Waals surface area (Å²) in [5, 5.41) is 9.19. The Balaban J connectivity index is 2.19. The fraction of sp³-hybridized carbons (Fsp3) is 0.250. The maximum Gasteiger partial charge on any atom is 0.336 e. The smallest absolute Gasteiger partial charge is 0.336 e. The van der Waals surface area contributed by atoms with Crippen molar-refractivity contribution in [3.63, 3.8) is 0 Å². The zero-order valence-corrected chi connectivity index (χ0v) is 14.5. The van der Waals surface area contributed by atoms with Crippen molar-refractivity contribution < 1.29 is 24.2 Å². The lowest BCUT2D eigenvalue weighted by Gasteiger charge is -2.13. The number of ether oxygens (including phenoxy) is 1. The number of esters is 1. The van der Waals surface area contributed by atoms with Gasteiger partial charge in [-0.3, -0.25) is 14.5 Å². The molecule has 8 heteroatoms. The number of carbonyl (C=O) groups is 3. The van der Waals surface area contributed by atoms with Crippen LogP contribution >= 0.6 is 24.0 Å². The Kier molecular flexibility index (Phi) is 6.10. The van der Waals surface area contributed by atoms with E-state index in [1.165, 1.54) is 12.1 Å². The molecule has 24 heavy (non-hydrogen) atoms. The van der Waals surface area contributed by atoms with E-state index in [0.29, 0.717) is 12.0 Å². The lowest BCUT2D eigenvalue weighted by Crippen LogP contribution is -2.34. The number of amides is 1. The third-order valence-corrected chi connectivity index (χ3v) is 4.48. The zero-order valence-electron chi connectivity index (χ0n) is 12.9. The number of benzene rings is 1. The number of hydrogen-bond acceptors (Lipinski definition) is 6. The predicted molar refractivity (Wildman–Crippen MR) is 94.5 cm³/mol. The van der Waals surface area contributed by atoms with Gasteiger partial charge in [0.15, 0.2) is 0 Å². The van der Waals surface area contributed by atoms with Crippen LogP contribution in [0.15, 0.2) is 29.2 Å². The first-order chi connectivity index (χ1) is 11.4. The number of thioether (sulfide) groups is 1. The Morgan fingerprint density at radius 1 is 1.38 bits per heavy atom. The molecular weight excluding hydrogens is 350 g/mol. The molecule has 2 rings (SSSR count). The third kappa shape index (κ3) is 4.21. The molecule has 1 fully saturated rings. The molecule has 1 aliphatic rings. The molecule has 6 nitrogen and oxygen atoms in total. The molecule has 0 atom stereocenters. The summed E-state index contributed by atoms with van der Waals surface area (Å²) in [5.74, 6) is -2.04. The van der Waals surface area contributed by atoms with Gasteiger partial charge in [0.1, 0.15) is 10.9 Å². The van der Waals surface area contributed by atoms with Gasteiger partial charge in [-0.1, -0.05) is 49.1 Å². The molecule has 1 amide bonds. The molecule has 1 heterocycles. The number of nitrogens with zero attached hydrogens (tertiary/aromatic N) is 1. The first-order valence-corrected chi connectivity index (χ1v) is 8.39. The summed E-state index contributed by atoms with van der Waals surface area (Å²) >= 11 is 6.16. The van der Waals surface area contributed by atoms with Gasteiger partial charge < -0.3 is 9.84 Å². The van der Waals surface area contributed by atoms with E-state index in [-0.39, 0.29) is 27.9 Å². The minimum absolute atomic E-state index is 0.0881. The lowest BCUT2D eigenvalue weighted by atomic mass is 10.1. The lowest BCUT2D eigenvalue weighted by molar-refractivity contribution is -0.146. The number of aromatic carboxylic acids is 1. The van der Waals surface area contributed by atoms with Crippen molar-refractivity contribution in [3.8, 4) is 0 Å². The van der Waals surface area contributed by atoms with Crippen molar-refractivity contribution >= 4 is 52.2 Å². The molecule has 0 spiro atoms. The van der Waals surface area contributed by atoms with Crippen LogP contribution in [-0.4, -0.2) is 45.3 Å².